The van der Waals surface area contributed by atoms with Crippen LogP contribution in [0, 0.1) is 0 Å². The van der Waals surface area contributed by atoms with Gasteiger partial charge in [0.05, 0.1) is 0 Å². The molecule has 3 nitrogen and oxygen atoms in total. The van der Waals surface area contributed by atoms with Crippen LogP contribution < -0.4 is 10.5 Å². The quantitative estimate of drug-likeness (QED) is 0.871. The van der Waals surface area contributed by atoms with Gasteiger partial charge in [0, 0.05) is 6.54 Å². The number of benzene rings is 1. The van der Waals surface area contributed by atoms with Gasteiger partial charge < -0.3 is 15.6 Å². The molecule has 0 aliphatic rings. The van der Waals surface area contributed by atoms with E-state index in [2.05, 4.69) is 20.8 Å². The maximum absolute atomic E-state index is 9.25. The first-order chi connectivity index (χ1) is 7.43. The van der Waals surface area contributed by atoms with Crippen molar-refractivity contribution in [2.24, 2.45) is 5.73 Å². The number of nitrogens with two attached hydrogens (primary N) is 1. The summed E-state index contributed by atoms with van der Waals surface area (Å²) in [5.74, 6) is 0.764. The average molecular weight is 260 g/mol. The fourth-order valence-corrected chi connectivity index (χ4v) is 1.31. The normalized spacial score (nSPS) is 12.8. The van der Waals surface area contributed by atoms with Crippen molar-refractivity contribution in [2.45, 2.75) is 32.3 Å². The Labute approximate surface area is 109 Å². The van der Waals surface area contributed by atoms with E-state index in [0.717, 1.165) is 5.75 Å². The Morgan fingerprint density at radius 1 is 1.24 bits per heavy atom. The highest BCUT2D eigenvalue weighted by Gasteiger charge is 2.13. The summed E-state index contributed by atoms with van der Waals surface area (Å²) in [6.45, 7) is 6.97. The highest BCUT2D eigenvalue weighted by atomic mass is 35.5. The van der Waals surface area contributed by atoms with Gasteiger partial charge in [-0.2, -0.15) is 0 Å². The van der Waals surface area contributed by atoms with E-state index in [0.29, 0.717) is 0 Å². The zero-order chi connectivity index (χ0) is 12.2. The van der Waals surface area contributed by atoms with Gasteiger partial charge in [0.1, 0.15) is 18.5 Å². The number of hydrogen-bond acceptors (Lipinski definition) is 3. The molecular formula is C13H22ClNO2. The summed E-state index contributed by atoms with van der Waals surface area (Å²) in [5, 5.41) is 9.25. The molecule has 0 aliphatic carbocycles. The van der Waals surface area contributed by atoms with Gasteiger partial charge in [0.15, 0.2) is 0 Å². The molecule has 1 atom stereocenters. The molecule has 0 bridgehead atoms. The minimum Gasteiger partial charge on any atom is -0.491 e. The Hall–Kier alpha value is -0.770. The van der Waals surface area contributed by atoms with Crippen LogP contribution in [0.2, 0.25) is 0 Å². The first kappa shape index (κ1) is 16.2. The van der Waals surface area contributed by atoms with Gasteiger partial charge in [0.2, 0.25) is 0 Å². The number of hydrogen-bond donors (Lipinski definition) is 2. The van der Waals surface area contributed by atoms with Crippen LogP contribution >= 0.6 is 12.4 Å². The van der Waals surface area contributed by atoms with E-state index >= 15 is 0 Å². The van der Waals surface area contributed by atoms with Gasteiger partial charge in [-0.05, 0) is 23.1 Å². The number of aliphatic hydroxyl groups is 1. The van der Waals surface area contributed by atoms with Gasteiger partial charge in [-0.1, -0.05) is 32.9 Å². The van der Waals surface area contributed by atoms with Crippen molar-refractivity contribution < 1.29 is 9.84 Å². The van der Waals surface area contributed by atoms with Crippen molar-refractivity contribution in [3.05, 3.63) is 29.8 Å². The summed E-state index contributed by atoms with van der Waals surface area (Å²) in [7, 11) is 0. The number of rotatable bonds is 4. The lowest BCUT2D eigenvalue weighted by atomic mass is 9.87. The van der Waals surface area contributed by atoms with E-state index in [-0.39, 0.29) is 31.0 Å². The predicted molar refractivity (Wildman–Crippen MR) is 72.9 cm³/mol. The Balaban J connectivity index is 0.00000256. The molecule has 0 radical (unpaired) electrons. The Kier molecular flexibility index (Phi) is 6.53. The smallest absolute Gasteiger partial charge is 0.119 e. The molecule has 0 spiro atoms. The lowest BCUT2D eigenvalue weighted by Crippen LogP contribution is -2.26. The van der Waals surface area contributed by atoms with E-state index in [1.54, 1.807) is 0 Å². The third kappa shape index (κ3) is 5.39. The fourth-order valence-electron chi connectivity index (χ4n) is 1.31. The molecule has 3 N–H and O–H groups in total. The van der Waals surface area contributed by atoms with Gasteiger partial charge in [-0.25, -0.2) is 0 Å². The summed E-state index contributed by atoms with van der Waals surface area (Å²) in [5.41, 5.74) is 6.70. The third-order valence-corrected chi connectivity index (χ3v) is 2.43. The van der Waals surface area contributed by atoms with Gasteiger partial charge in [-0.3, -0.25) is 0 Å². The highest BCUT2D eigenvalue weighted by Crippen LogP contribution is 2.24. The maximum atomic E-state index is 9.25. The zero-order valence-corrected chi connectivity index (χ0v) is 11.5. The SMILES string of the molecule is CC(C)(C)c1ccc(OCC(O)CN)cc1.Cl. The summed E-state index contributed by atoms with van der Waals surface area (Å²) >= 11 is 0. The second-order valence-electron chi connectivity index (χ2n) is 4.97. The largest absolute Gasteiger partial charge is 0.491 e. The first-order valence-electron chi connectivity index (χ1n) is 5.55. The van der Waals surface area contributed by atoms with Crippen LogP contribution in [-0.2, 0) is 5.41 Å². The van der Waals surface area contributed by atoms with Crippen molar-refractivity contribution in [1.29, 1.82) is 0 Å². The van der Waals surface area contributed by atoms with E-state index in [9.17, 15) is 5.11 Å². The van der Waals surface area contributed by atoms with Crippen LogP contribution in [0.15, 0.2) is 24.3 Å². The van der Waals surface area contributed by atoms with E-state index in [4.69, 9.17) is 10.5 Å². The van der Waals surface area contributed by atoms with Crippen LogP contribution in [0.4, 0.5) is 0 Å². The minimum absolute atomic E-state index is 0. The van der Waals surface area contributed by atoms with E-state index in [1.165, 1.54) is 5.56 Å². The van der Waals surface area contributed by atoms with E-state index in [1.807, 2.05) is 24.3 Å². The summed E-state index contributed by atoms with van der Waals surface area (Å²) in [6, 6.07) is 7.93. The van der Waals surface area contributed by atoms with Crippen molar-refractivity contribution in [1.82, 2.24) is 0 Å². The third-order valence-electron chi connectivity index (χ3n) is 2.43. The summed E-state index contributed by atoms with van der Waals surface area (Å²) < 4.78 is 5.40. The molecule has 1 unspecified atom stereocenters. The van der Waals surface area contributed by atoms with E-state index < -0.39 is 6.10 Å². The van der Waals surface area contributed by atoms with Gasteiger partial charge in [-0.15, -0.1) is 12.4 Å². The van der Waals surface area contributed by atoms with Crippen molar-refractivity contribution in [3.8, 4) is 5.75 Å². The molecule has 17 heavy (non-hydrogen) atoms. The fraction of sp³-hybridized carbons (Fsp3) is 0.538. The number of halogens is 1. The standard InChI is InChI=1S/C13H21NO2.ClH/c1-13(2,3)10-4-6-12(7-5-10)16-9-11(15)8-14;/h4-7,11,15H,8-9,14H2,1-3H3;1H. The van der Waals surface area contributed by atoms with Crippen LogP contribution in [0.25, 0.3) is 0 Å². The topological polar surface area (TPSA) is 55.5 Å². The molecule has 0 heterocycles. The molecule has 0 aliphatic heterocycles. The maximum Gasteiger partial charge on any atom is 0.119 e. The second kappa shape index (κ2) is 6.84. The van der Waals surface area contributed by atoms with Gasteiger partial charge >= 0.3 is 0 Å². The van der Waals surface area contributed by atoms with Crippen molar-refractivity contribution in [3.63, 3.8) is 0 Å². The predicted octanol–water partition coefficient (Wildman–Crippen LogP) is 2.10. The molecule has 0 saturated carbocycles. The highest BCUT2D eigenvalue weighted by molar-refractivity contribution is 5.85. The molecule has 0 fully saturated rings. The molecule has 98 valence electrons. The molecule has 0 amide bonds. The molecular weight excluding hydrogens is 238 g/mol. The monoisotopic (exact) mass is 259 g/mol. The molecule has 0 saturated heterocycles. The Morgan fingerprint density at radius 2 is 1.76 bits per heavy atom. The van der Waals surface area contributed by atoms with Crippen LogP contribution in [0.5, 0.6) is 5.75 Å². The minimum atomic E-state index is -0.595. The number of aliphatic hydroxyl groups excluding tert-OH is 1. The second-order valence-corrected chi connectivity index (χ2v) is 4.97. The van der Waals surface area contributed by atoms with Crippen LogP contribution in [0.1, 0.15) is 26.3 Å². The lowest BCUT2D eigenvalue weighted by molar-refractivity contribution is 0.114. The van der Waals surface area contributed by atoms with Crippen molar-refractivity contribution in [2.75, 3.05) is 13.2 Å². The first-order valence-corrected chi connectivity index (χ1v) is 5.55. The Bertz CT molecular complexity index is 319. The van der Waals surface area contributed by atoms with Crippen LogP contribution in [0.3, 0.4) is 0 Å². The van der Waals surface area contributed by atoms with Gasteiger partial charge in [0.25, 0.3) is 0 Å². The zero-order valence-electron chi connectivity index (χ0n) is 10.6. The van der Waals surface area contributed by atoms with Crippen LogP contribution in [-0.4, -0.2) is 24.4 Å². The summed E-state index contributed by atoms with van der Waals surface area (Å²) in [6.07, 6.45) is -0.595. The average Bonchev–Trinajstić information content (AvgIpc) is 2.25. The molecule has 0 aromatic heterocycles. The molecule has 4 heteroatoms. The van der Waals surface area contributed by atoms with Crippen molar-refractivity contribution >= 4 is 12.4 Å². The molecule has 1 rings (SSSR count). The summed E-state index contributed by atoms with van der Waals surface area (Å²) in [4.78, 5) is 0. The Morgan fingerprint density at radius 3 is 2.18 bits per heavy atom. The lowest BCUT2D eigenvalue weighted by Gasteiger charge is -2.19. The number of ether oxygens (including phenoxy) is 1. The molecule has 1 aromatic carbocycles. The molecule has 1 aromatic rings.